The SMILES string of the molecule is CCC(C)NC(=O)C(=O)Nc1cc(C)c(Cl)cc1OC. The monoisotopic (exact) mass is 298 g/mol. The molecule has 0 heterocycles. The van der Waals surface area contributed by atoms with Gasteiger partial charge in [0, 0.05) is 17.1 Å². The smallest absolute Gasteiger partial charge is 0.313 e. The predicted molar refractivity (Wildman–Crippen MR) is 79.3 cm³/mol. The maximum atomic E-state index is 11.8. The van der Waals surface area contributed by atoms with Gasteiger partial charge < -0.3 is 15.4 Å². The van der Waals surface area contributed by atoms with Crippen molar-refractivity contribution in [3.8, 4) is 5.75 Å². The summed E-state index contributed by atoms with van der Waals surface area (Å²) in [7, 11) is 1.47. The molecule has 5 nitrogen and oxygen atoms in total. The van der Waals surface area contributed by atoms with Crippen molar-refractivity contribution in [1.82, 2.24) is 5.32 Å². The number of halogens is 1. The lowest BCUT2D eigenvalue weighted by Crippen LogP contribution is -2.40. The highest BCUT2D eigenvalue weighted by molar-refractivity contribution is 6.40. The number of carbonyl (C=O) groups excluding carboxylic acids is 2. The van der Waals surface area contributed by atoms with E-state index in [-0.39, 0.29) is 6.04 Å². The molecule has 2 N–H and O–H groups in total. The van der Waals surface area contributed by atoms with Gasteiger partial charge in [0.15, 0.2) is 0 Å². The molecule has 0 spiro atoms. The van der Waals surface area contributed by atoms with Gasteiger partial charge in [-0.2, -0.15) is 0 Å². The summed E-state index contributed by atoms with van der Waals surface area (Å²) >= 11 is 5.98. The standard InChI is InChI=1S/C14H19ClN2O3/c1-5-9(3)16-13(18)14(19)17-11-6-8(2)10(15)7-12(11)20-4/h6-7,9H,5H2,1-4H3,(H,16,18)(H,17,19). The van der Waals surface area contributed by atoms with Crippen molar-refractivity contribution in [2.24, 2.45) is 0 Å². The highest BCUT2D eigenvalue weighted by Gasteiger charge is 2.18. The molecule has 0 aliphatic heterocycles. The number of anilines is 1. The Morgan fingerprint density at radius 1 is 1.35 bits per heavy atom. The second kappa shape index (κ2) is 7.14. The van der Waals surface area contributed by atoms with E-state index in [1.807, 2.05) is 13.8 Å². The van der Waals surface area contributed by atoms with Gasteiger partial charge in [-0.05, 0) is 31.9 Å². The number of nitrogens with one attached hydrogen (secondary N) is 2. The fraction of sp³-hybridized carbons (Fsp3) is 0.429. The summed E-state index contributed by atoms with van der Waals surface area (Å²) in [6.07, 6.45) is 0.752. The van der Waals surface area contributed by atoms with Gasteiger partial charge in [0.05, 0.1) is 12.8 Å². The van der Waals surface area contributed by atoms with E-state index in [1.54, 1.807) is 19.1 Å². The van der Waals surface area contributed by atoms with Crippen LogP contribution in [0.2, 0.25) is 5.02 Å². The number of amides is 2. The van der Waals surface area contributed by atoms with Crippen LogP contribution in [0.5, 0.6) is 5.75 Å². The Balaban J connectivity index is 2.85. The summed E-state index contributed by atoms with van der Waals surface area (Å²) < 4.78 is 5.13. The Hall–Kier alpha value is -1.75. The van der Waals surface area contributed by atoms with E-state index in [4.69, 9.17) is 16.3 Å². The van der Waals surface area contributed by atoms with Gasteiger partial charge in [-0.25, -0.2) is 0 Å². The molecule has 0 aliphatic rings. The first-order valence-electron chi connectivity index (χ1n) is 6.35. The van der Waals surface area contributed by atoms with E-state index in [1.165, 1.54) is 7.11 Å². The number of rotatable bonds is 4. The quantitative estimate of drug-likeness (QED) is 0.839. The molecule has 1 rings (SSSR count). The Labute approximate surface area is 123 Å². The number of hydrogen-bond donors (Lipinski definition) is 2. The molecule has 0 aromatic heterocycles. The summed E-state index contributed by atoms with van der Waals surface area (Å²) in [6.45, 7) is 5.56. The van der Waals surface area contributed by atoms with E-state index in [0.717, 1.165) is 12.0 Å². The van der Waals surface area contributed by atoms with Gasteiger partial charge in [-0.15, -0.1) is 0 Å². The maximum absolute atomic E-state index is 11.8. The molecule has 0 saturated carbocycles. The van der Waals surface area contributed by atoms with Crippen LogP contribution in [0.1, 0.15) is 25.8 Å². The van der Waals surface area contributed by atoms with Crippen LogP contribution in [0.4, 0.5) is 5.69 Å². The average Bonchev–Trinajstić information content (AvgIpc) is 2.42. The molecule has 1 aromatic rings. The second-order valence-corrected chi connectivity index (χ2v) is 4.95. The lowest BCUT2D eigenvalue weighted by Gasteiger charge is -2.14. The summed E-state index contributed by atoms with van der Waals surface area (Å²) in [6, 6.07) is 3.20. The van der Waals surface area contributed by atoms with Crippen LogP contribution in [0.3, 0.4) is 0 Å². The van der Waals surface area contributed by atoms with Crippen LogP contribution in [-0.4, -0.2) is 25.0 Å². The number of aryl methyl sites for hydroxylation is 1. The van der Waals surface area contributed by atoms with E-state index >= 15 is 0 Å². The first-order valence-corrected chi connectivity index (χ1v) is 6.72. The summed E-state index contributed by atoms with van der Waals surface area (Å²) in [4.78, 5) is 23.5. The van der Waals surface area contributed by atoms with Gasteiger partial charge in [-0.1, -0.05) is 18.5 Å². The number of hydrogen-bond acceptors (Lipinski definition) is 3. The molecule has 2 amide bonds. The summed E-state index contributed by atoms with van der Waals surface area (Å²) in [5.41, 5.74) is 1.20. The molecule has 1 aromatic carbocycles. The molecule has 0 saturated heterocycles. The molecule has 20 heavy (non-hydrogen) atoms. The largest absolute Gasteiger partial charge is 0.495 e. The van der Waals surface area contributed by atoms with Gasteiger partial charge >= 0.3 is 11.8 Å². The molecule has 110 valence electrons. The number of ether oxygens (including phenoxy) is 1. The predicted octanol–water partition coefficient (Wildman–Crippen LogP) is 2.51. The number of carbonyl (C=O) groups is 2. The molecule has 1 atom stereocenters. The molecular weight excluding hydrogens is 280 g/mol. The van der Waals surface area contributed by atoms with Crippen LogP contribution >= 0.6 is 11.6 Å². The minimum atomic E-state index is -0.731. The normalized spacial score (nSPS) is 11.7. The van der Waals surface area contributed by atoms with Gasteiger partial charge in [0.1, 0.15) is 5.75 Å². The van der Waals surface area contributed by atoms with Crippen molar-refractivity contribution in [2.45, 2.75) is 33.2 Å². The Kier molecular flexibility index (Phi) is 5.82. The van der Waals surface area contributed by atoms with Crippen molar-refractivity contribution in [2.75, 3.05) is 12.4 Å². The third-order valence-corrected chi connectivity index (χ3v) is 3.33. The first kappa shape index (κ1) is 16.3. The molecule has 6 heteroatoms. The van der Waals surface area contributed by atoms with Gasteiger partial charge in [-0.3, -0.25) is 9.59 Å². The third kappa shape index (κ3) is 4.13. The van der Waals surface area contributed by atoms with Gasteiger partial charge in [0.2, 0.25) is 0 Å². The van der Waals surface area contributed by atoms with Gasteiger partial charge in [0.25, 0.3) is 0 Å². The minimum Gasteiger partial charge on any atom is -0.495 e. The lowest BCUT2D eigenvalue weighted by atomic mass is 10.2. The van der Waals surface area contributed by atoms with Crippen LogP contribution in [0.25, 0.3) is 0 Å². The van der Waals surface area contributed by atoms with Crippen molar-refractivity contribution in [3.63, 3.8) is 0 Å². The molecule has 0 aliphatic carbocycles. The maximum Gasteiger partial charge on any atom is 0.313 e. The molecule has 0 fully saturated rings. The Bertz CT molecular complexity index is 517. The van der Waals surface area contributed by atoms with Crippen LogP contribution in [0, 0.1) is 6.92 Å². The Morgan fingerprint density at radius 3 is 2.55 bits per heavy atom. The van der Waals surface area contributed by atoms with E-state index < -0.39 is 11.8 Å². The lowest BCUT2D eigenvalue weighted by molar-refractivity contribution is -0.136. The zero-order chi connectivity index (χ0) is 15.3. The molecule has 1 unspecified atom stereocenters. The Morgan fingerprint density at radius 2 is 2.00 bits per heavy atom. The highest BCUT2D eigenvalue weighted by Crippen LogP contribution is 2.30. The first-order chi connectivity index (χ1) is 9.38. The zero-order valence-corrected chi connectivity index (χ0v) is 12.8. The molecule has 0 bridgehead atoms. The summed E-state index contributed by atoms with van der Waals surface area (Å²) in [5.74, 6) is -0.996. The molecular formula is C14H19ClN2O3. The van der Waals surface area contributed by atoms with Crippen molar-refractivity contribution < 1.29 is 14.3 Å². The van der Waals surface area contributed by atoms with Crippen LogP contribution in [0.15, 0.2) is 12.1 Å². The number of benzene rings is 1. The van der Waals surface area contributed by atoms with E-state index in [2.05, 4.69) is 10.6 Å². The third-order valence-electron chi connectivity index (χ3n) is 2.93. The second-order valence-electron chi connectivity index (χ2n) is 4.54. The fourth-order valence-corrected chi connectivity index (χ4v) is 1.65. The van der Waals surface area contributed by atoms with Crippen LogP contribution < -0.4 is 15.4 Å². The van der Waals surface area contributed by atoms with Crippen LogP contribution in [-0.2, 0) is 9.59 Å². The van der Waals surface area contributed by atoms with Crippen molar-refractivity contribution in [1.29, 1.82) is 0 Å². The summed E-state index contributed by atoms with van der Waals surface area (Å²) in [5, 5.41) is 5.65. The fourth-order valence-electron chi connectivity index (χ4n) is 1.50. The van der Waals surface area contributed by atoms with Crippen molar-refractivity contribution >= 4 is 29.1 Å². The highest BCUT2D eigenvalue weighted by atomic mass is 35.5. The van der Waals surface area contributed by atoms with E-state index in [9.17, 15) is 9.59 Å². The molecule has 0 radical (unpaired) electrons. The zero-order valence-electron chi connectivity index (χ0n) is 12.0. The number of methoxy groups -OCH3 is 1. The minimum absolute atomic E-state index is 0.0536. The van der Waals surface area contributed by atoms with Crippen molar-refractivity contribution in [3.05, 3.63) is 22.7 Å². The topological polar surface area (TPSA) is 67.4 Å². The average molecular weight is 299 g/mol. The van der Waals surface area contributed by atoms with E-state index in [0.29, 0.717) is 16.5 Å².